The lowest BCUT2D eigenvalue weighted by atomic mass is 9.70. The molecule has 0 aliphatic heterocycles. The van der Waals surface area contributed by atoms with Gasteiger partial charge in [-0.2, -0.15) is 0 Å². The van der Waals surface area contributed by atoms with Crippen LogP contribution in [0.4, 0.5) is 34.1 Å². The fourth-order valence-corrected chi connectivity index (χ4v) is 11.7. The Labute approximate surface area is 388 Å². The molecular weight excluding hydrogens is 817 g/mol. The molecule has 12 aromatic rings. The molecule has 0 saturated carbocycles. The number of fused-ring (bicyclic) bond motifs is 18. The summed E-state index contributed by atoms with van der Waals surface area (Å²) >= 11 is 0. The zero-order valence-corrected chi connectivity index (χ0v) is 37.0. The van der Waals surface area contributed by atoms with Crippen molar-refractivity contribution in [3.8, 4) is 22.3 Å². The van der Waals surface area contributed by atoms with Crippen molar-refractivity contribution in [1.82, 2.24) is 0 Å². The highest BCUT2D eigenvalue weighted by molar-refractivity contribution is 6.25. The summed E-state index contributed by atoms with van der Waals surface area (Å²) < 4.78 is 14.8. The second-order valence-electron chi connectivity index (χ2n) is 18.1. The van der Waals surface area contributed by atoms with Gasteiger partial charge in [-0.1, -0.05) is 146 Å². The smallest absolute Gasteiger partial charge is 0.145 e. The van der Waals surface area contributed by atoms with E-state index in [1.165, 1.54) is 33.4 Å². The van der Waals surface area contributed by atoms with Crippen LogP contribution in [0.15, 0.2) is 227 Å². The van der Waals surface area contributed by atoms with Gasteiger partial charge in [0.1, 0.15) is 22.3 Å². The lowest BCUT2D eigenvalue weighted by Crippen LogP contribution is -2.26. The highest BCUT2D eigenvalue weighted by Gasteiger charge is 2.54. The van der Waals surface area contributed by atoms with Crippen LogP contribution in [0.1, 0.15) is 33.4 Å². The van der Waals surface area contributed by atoms with Gasteiger partial charge in [0.2, 0.25) is 0 Å². The van der Waals surface area contributed by atoms with Gasteiger partial charge in [-0.3, -0.25) is 0 Å². The van der Waals surface area contributed by atoms with E-state index in [2.05, 4.69) is 242 Å². The maximum absolute atomic E-state index is 7.39. The third-order valence-corrected chi connectivity index (χ3v) is 14.3. The first-order valence-electron chi connectivity index (χ1n) is 23.1. The Morgan fingerprint density at radius 2 is 0.731 bits per heavy atom. The molecule has 316 valence electrons. The maximum atomic E-state index is 7.39. The summed E-state index contributed by atoms with van der Waals surface area (Å²) in [6, 6.07) is 79.3. The number of hydrogen-bond acceptors (Lipinski definition) is 4. The quantitative estimate of drug-likeness (QED) is 0.167. The number of furan rings is 2. The SMILES string of the molecule is Cc1cccc(N(c2ccccc2)c2cc3c(c4oc5ccccc5c24)-c2c(cc(N(c4ccccc4)c4cccc(C)c4)c4c2oc2ccccc24)C32c3ccccc3-c3ccccc32)c1. The molecule has 0 saturated heterocycles. The van der Waals surface area contributed by atoms with E-state index in [1.807, 2.05) is 0 Å². The average Bonchev–Trinajstić information content (AvgIpc) is 4.11. The predicted octanol–water partition coefficient (Wildman–Crippen LogP) is 17.4. The number of aryl methyl sites for hydroxylation is 2. The molecule has 67 heavy (non-hydrogen) atoms. The summed E-state index contributed by atoms with van der Waals surface area (Å²) in [7, 11) is 0. The Morgan fingerprint density at radius 3 is 1.18 bits per heavy atom. The van der Waals surface area contributed by atoms with Crippen LogP contribution in [0, 0.1) is 13.8 Å². The van der Waals surface area contributed by atoms with Crippen LogP contribution < -0.4 is 9.80 Å². The topological polar surface area (TPSA) is 32.8 Å². The fourth-order valence-electron chi connectivity index (χ4n) is 11.7. The van der Waals surface area contributed by atoms with Crippen molar-refractivity contribution in [1.29, 1.82) is 0 Å². The maximum Gasteiger partial charge on any atom is 0.145 e. The van der Waals surface area contributed by atoms with Crippen LogP contribution in [0.5, 0.6) is 0 Å². The minimum absolute atomic E-state index is 0.772. The van der Waals surface area contributed by atoms with Crippen LogP contribution in [-0.4, -0.2) is 0 Å². The van der Waals surface area contributed by atoms with Gasteiger partial charge >= 0.3 is 0 Å². The van der Waals surface area contributed by atoms with Gasteiger partial charge < -0.3 is 18.6 Å². The monoisotopic (exact) mass is 858 g/mol. The normalized spacial score (nSPS) is 13.0. The summed E-state index contributed by atoms with van der Waals surface area (Å²) in [5, 5.41) is 4.24. The van der Waals surface area contributed by atoms with E-state index in [0.29, 0.717) is 0 Å². The van der Waals surface area contributed by atoms with Gasteiger partial charge in [-0.25, -0.2) is 0 Å². The molecule has 2 aromatic heterocycles. The molecule has 0 radical (unpaired) electrons. The number of rotatable bonds is 6. The standard InChI is InChI=1S/C63H42N2O2/c1-39-19-17-25-43(35-39)64(41-21-5-3-6-22-41)53-37-51-59(61-57(53)47-29-11-15-33-55(47)66-61)60-52(63(51)49-31-13-9-27-45(49)46-28-10-14-32-50(46)63)38-54(58-48-30-12-16-34-56(48)67-62(58)60)65(42-23-7-4-8-24-42)44-26-18-20-40(2)36-44/h3-38H,1-2H3. The molecule has 1 spiro atoms. The molecule has 2 aliphatic carbocycles. The molecule has 2 aliphatic rings. The fraction of sp³-hybridized carbons (Fsp3) is 0.0476. The summed E-state index contributed by atoms with van der Waals surface area (Å²) in [5.41, 5.74) is 20.7. The lowest BCUT2D eigenvalue weighted by Gasteiger charge is -2.33. The zero-order valence-electron chi connectivity index (χ0n) is 37.0. The second kappa shape index (κ2) is 14.2. The molecule has 0 unspecified atom stereocenters. The van der Waals surface area contributed by atoms with E-state index in [9.17, 15) is 0 Å². The molecule has 0 fully saturated rings. The molecule has 4 nitrogen and oxygen atoms in total. The minimum atomic E-state index is -0.772. The van der Waals surface area contributed by atoms with Crippen LogP contribution in [0.3, 0.4) is 0 Å². The Hall–Kier alpha value is -8.60. The lowest BCUT2D eigenvalue weighted by molar-refractivity contribution is 0.665. The van der Waals surface area contributed by atoms with E-state index >= 15 is 0 Å². The number of hydrogen-bond donors (Lipinski definition) is 0. The van der Waals surface area contributed by atoms with Crippen molar-refractivity contribution in [3.63, 3.8) is 0 Å². The first-order valence-corrected chi connectivity index (χ1v) is 23.1. The van der Waals surface area contributed by atoms with Gasteiger partial charge in [0, 0.05) is 44.6 Å². The van der Waals surface area contributed by atoms with Gasteiger partial charge in [0.15, 0.2) is 0 Å². The van der Waals surface area contributed by atoms with Crippen molar-refractivity contribution >= 4 is 78.0 Å². The molecule has 2 heterocycles. The van der Waals surface area contributed by atoms with Crippen LogP contribution in [0.25, 0.3) is 66.1 Å². The van der Waals surface area contributed by atoms with Crippen molar-refractivity contribution in [2.75, 3.05) is 9.80 Å². The van der Waals surface area contributed by atoms with Crippen molar-refractivity contribution in [2.24, 2.45) is 0 Å². The van der Waals surface area contributed by atoms with E-state index in [1.54, 1.807) is 0 Å². The summed E-state index contributed by atoms with van der Waals surface area (Å²) in [6.45, 7) is 4.34. The van der Waals surface area contributed by atoms with E-state index in [4.69, 9.17) is 8.83 Å². The van der Waals surface area contributed by atoms with Gasteiger partial charge in [0.05, 0.1) is 27.6 Å². The van der Waals surface area contributed by atoms with Gasteiger partial charge in [0.25, 0.3) is 0 Å². The third-order valence-electron chi connectivity index (χ3n) is 14.3. The van der Waals surface area contributed by atoms with E-state index < -0.39 is 5.41 Å². The van der Waals surface area contributed by atoms with Crippen molar-refractivity contribution < 1.29 is 8.83 Å². The van der Waals surface area contributed by atoms with Crippen LogP contribution in [-0.2, 0) is 5.41 Å². The third kappa shape index (κ3) is 5.24. The first kappa shape index (κ1) is 37.7. The Balaban J connectivity index is 1.22. The molecule has 14 rings (SSSR count). The first-order chi connectivity index (χ1) is 33.1. The number of para-hydroxylation sites is 4. The summed E-state index contributed by atoms with van der Waals surface area (Å²) in [6.07, 6.45) is 0. The Kier molecular flexibility index (Phi) is 8.00. The molecule has 10 aromatic carbocycles. The van der Waals surface area contributed by atoms with E-state index in [-0.39, 0.29) is 0 Å². The van der Waals surface area contributed by atoms with Gasteiger partial charge in [-0.05, 0) is 131 Å². The van der Waals surface area contributed by atoms with Gasteiger partial charge in [-0.15, -0.1) is 0 Å². The molecular formula is C63H42N2O2. The molecule has 0 amide bonds. The second-order valence-corrected chi connectivity index (χ2v) is 18.1. The number of anilines is 6. The molecule has 0 bridgehead atoms. The van der Waals surface area contributed by atoms with Crippen molar-refractivity contribution in [2.45, 2.75) is 19.3 Å². The number of benzene rings is 10. The summed E-state index contributed by atoms with van der Waals surface area (Å²) in [4.78, 5) is 4.86. The van der Waals surface area contributed by atoms with Crippen molar-refractivity contribution in [3.05, 3.63) is 252 Å². The average molecular weight is 859 g/mol. The molecule has 0 atom stereocenters. The Bertz CT molecular complexity index is 3710. The zero-order chi connectivity index (χ0) is 44.4. The Morgan fingerprint density at radius 1 is 0.343 bits per heavy atom. The minimum Gasteiger partial charge on any atom is -0.455 e. The van der Waals surface area contributed by atoms with Crippen LogP contribution in [0.2, 0.25) is 0 Å². The van der Waals surface area contributed by atoms with E-state index in [0.717, 1.165) is 100 Å². The largest absolute Gasteiger partial charge is 0.455 e. The highest BCUT2D eigenvalue weighted by atomic mass is 16.3. The molecule has 0 N–H and O–H groups in total. The number of nitrogens with zero attached hydrogens (tertiary/aromatic N) is 2. The summed E-state index contributed by atoms with van der Waals surface area (Å²) in [5.74, 6) is 0. The van der Waals surface area contributed by atoms with Crippen LogP contribution >= 0.6 is 0 Å². The highest BCUT2D eigenvalue weighted by Crippen LogP contribution is 2.68. The predicted molar refractivity (Wildman–Crippen MR) is 276 cm³/mol. The molecule has 4 heteroatoms.